The van der Waals surface area contributed by atoms with Gasteiger partial charge < -0.3 is 20.7 Å². The number of carbonyl (C=O) groups excluding carboxylic acids is 1. The molecular weight excluding hydrogens is 455 g/mol. The Bertz CT molecular complexity index is 895. The van der Waals surface area contributed by atoms with Crippen LogP contribution in [0.3, 0.4) is 0 Å². The number of hydrogen-bond acceptors (Lipinski definition) is 9. The molecule has 0 unspecified atom stereocenters. The summed E-state index contributed by atoms with van der Waals surface area (Å²) in [6, 6.07) is 2.73. The Kier molecular flexibility index (Phi) is 9.85. The monoisotopic (exact) mass is 478 g/mol. The Hall–Kier alpha value is -1.86. The molecule has 2 aromatic rings. The topological polar surface area (TPSA) is 125 Å². The van der Waals surface area contributed by atoms with Gasteiger partial charge in [-0.3, -0.25) is 4.72 Å². The lowest BCUT2D eigenvalue weighted by molar-refractivity contribution is -0.0980. The van der Waals surface area contributed by atoms with E-state index in [9.17, 15) is 12.8 Å². The van der Waals surface area contributed by atoms with Gasteiger partial charge in [-0.15, -0.1) is 0 Å². The van der Waals surface area contributed by atoms with Crippen molar-refractivity contribution in [1.82, 2.24) is 20.0 Å². The summed E-state index contributed by atoms with van der Waals surface area (Å²) in [6.45, 7) is 5.60. The lowest BCUT2D eigenvalue weighted by atomic mass is 10.2. The van der Waals surface area contributed by atoms with Crippen molar-refractivity contribution < 1.29 is 17.6 Å². The van der Waals surface area contributed by atoms with E-state index < -0.39 is 20.7 Å². The van der Waals surface area contributed by atoms with Crippen molar-refractivity contribution in [2.45, 2.75) is 30.2 Å². The second-order valence-electron chi connectivity index (χ2n) is 6.39. The summed E-state index contributed by atoms with van der Waals surface area (Å²) < 4.78 is 44.9. The number of nitrogens with one attached hydrogen (secondary N) is 4. The predicted octanol–water partition coefficient (Wildman–Crippen LogP) is 2.09. The van der Waals surface area contributed by atoms with Gasteiger partial charge in [-0.1, -0.05) is 11.6 Å². The standard InChI is InChI=1S/C16H22ClFN6O2S2.CH2O/c17-12-7-15(28(25,26)24-16-22-10-23-27-16)13(18)8-14(12)21-5-2-1-4-20-11-3-6-19-9-11;1-2/h7-8,10-11,19-21H,1-6,9H2,(H,22,23,24);1H2/t11-;/m0./s1. The molecule has 1 aliphatic heterocycles. The Balaban J connectivity index is 0.00000155. The van der Waals surface area contributed by atoms with Crippen LogP contribution in [0.25, 0.3) is 0 Å². The molecule has 166 valence electrons. The summed E-state index contributed by atoms with van der Waals surface area (Å²) in [5.74, 6) is -0.890. The third kappa shape index (κ3) is 7.13. The third-order valence-electron chi connectivity index (χ3n) is 4.31. The fraction of sp³-hybridized carbons (Fsp3) is 0.471. The van der Waals surface area contributed by atoms with Crippen molar-refractivity contribution in [1.29, 1.82) is 0 Å². The van der Waals surface area contributed by atoms with E-state index in [1.165, 1.54) is 6.33 Å². The van der Waals surface area contributed by atoms with Crippen LogP contribution in [0.1, 0.15) is 19.3 Å². The summed E-state index contributed by atoms with van der Waals surface area (Å²) in [4.78, 5) is 11.2. The zero-order valence-electron chi connectivity index (χ0n) is 16.2. The molecule has 2 heterocycles. The zero-order chi connectivity index (χ0) is 22.0. The molecule has 4 N–H and O–H groups in total. The molecule has 9 nitrogen and oxygen atoms in total. The summed E-state index contributed by atoms with van der Waals surface area (Å²) in [7, 11) is -4.14. The van der Waals surface area contributed by atoms with Crippen molar-refractivity contribution in [3.63, 3.8) is 0 Å². The van der Waals surface area contributed by atoms with E-state index in [2.05, 4.69) is 30.0 Å². The minimum absolute atomic E-state index is 0.0553. The quantitative estimate of drug-likeness (QED) is 0.382. The molecule has 0 spiro atoms. The highest BCUT2D eigenvalue weighted by molar-refractivity contribution is 7.93. The van der Waals surface area contributed by atoms with Crippen molar-refractivity contribution >= 4 is 50.8 Å². The van der Waals surface area contributed by atoms with Crippen LogP contribution in [-0.4, -0.2) is 56.8 Å². The molecule has 13 heteroatoms. The molecule has 30 heavy (non-hydrogen) atoms. The Labute approximate surface area is 184 Å². The molecule has 1 aromatic heterocycles. The van der Waals surface area contributed by atoms with Crippen LogP contribution in [-0.2, 0) is 14.8 Å². The molecule has 0 saturated carbocycles. The smallest absolute Gasteiger partial charge is 0.266 e. The first kappa shape index (κ1) is 24.4. The summed E-state index contributed by atoms with van der Waals surface area (Å²) in [6.07, 6.45) is 4.21. The van der Waals surface area contributed by atoms with E-state index in [1.54, 1.807) is 0 Å². The normalized spacial score (nSPS) is 16.0. The van der Waals surface area contributed by atoms with Gasteiger partial charge in [0.1, 0.15) is 23.8 Å². The second kappa shape index (κ2) is 12.1. The molecule has 0 aliphatic carbocycles. The van der Waals surface area contributed by atoms with E-state index in [0.717, 1.165) is 62.6 Å². The summed E-state index contributed by atoms with van der Waals surface area (Å²) in [5, 5.41) is 10.0. The number of hydrogen-bond donors (Lipinski definition) is 4. The molecular formula is C17H24ClFN6O3S2. The largest absolute Gasteiger partial charge is 0.384 e. The number of carbonyl (C=O) groups is 1. The maximum absolute atomic E-state index is 14.4. The first-order valence-electron chi connectivity index (χ1n) is 9.21. The Morgan fingerprint density at radius 1 is 1.30 bits per heavy atom. The van der Waals surface area contributed by atoms with E-state index in [-0.39, 0.29) is 10.2 Å². The average molecular weight is 479 g/mol. The molecule has 0 radical (unpaired) electrons. The molecule has 1 aliphatic rings. The number of unbranched alkanes of at least 4 members (excludes halogenated alkanes) is 1. The Morgan fingerprint density at radius 2 is 2.07 bits per heavy atom. The fourth-order valence-electron chi connectivity index (χ4n) is 2.87. The second-order valence-corrected chi connectivity index (χ2v) is 9.23. The molecule has 1 saturated heterocycles. The number of aromatic nitrogens is 2. The van der Waals surface area contributed by atoms with Crippen LogP contribution in [0.5, 0.6) is 0 Å². The van der Waals surface area contributed by atoms with Gasteiger partial charge in [0.25, 0.3) is 10.0 Å². The van der Waals surface area contributed by atoms with Gasteiger partial charge in [-0.05, 0) is 44.5 Å². The van der Waals surface area contributed by atoms with Crippen LogP contribution in [0.2, 0.25) is 5.02 Å². The lowest BCUT2D eigenvalue weighted by Crippen LogP contribution is -2.31. The summed E-state index contributed by atoms with van der Waals surface area (Å²) in [5.41, 5.74) is 0.363. The van der Waals surface area contributed by atoms with Crippen LogP contribution >= 0.6 is 23.1 Å². The van der Waals surface area contributed by atoms with Crippen molar-refractivity contribution in [3.8, 4) is 0 Å². The number of sulfonamides is 1. The van der Waals surface area contributed by atoms with E-state index in [1.807, 2.05) is 6.79 Å². The van der Waals surface area contributed by atoms with Crippen LogP contribution in [0, 0.1) is 5.82 Å². The Morgan fingerprint density at radius 3 is 2.73 bits per heavy atom. The zero-order valence-corrected chi connectivity index (χ0v) is 18.5. The number of nitrogens with zero attached hydrogens (tertiary/aromatic N) is 2. The van der Waals surface area contributed by atoms with Gasteiger partial charge in [0.15, 0.2) is 0 Å². The van der Waals surface area contributed by atoms with Crippen LogP contribution in [0.4, 0.5) is 15.2 Å². The van der Waals surface area contributed by atoms with E-state index in [4.69, 9.17) is 16.4 Å². The highest BCUT2D eigenvalue weighted by atomic mass is 35.5. The molecule has 0 bridgehead atoms. The van der Waals surface area contributed by atoms with Gasteiger partial charge in [0, 0.05) is 30.7 Å². The van der Waals surface area contributed by atoms with Gasteiger partial charge >= 0.3 is 0 Å². The third-order valence-corrected chi connectivity index (χ3v) is 6.68. The van der Waals surface area contributed by atoms with E-state index >= 15 is 0 Å². The number of halogens is 2. The lowest BCUT2D eigenvalue weighted by Gasteiger charge is -2.13. The molecule has 0 amide bonds. The highest BCUT2D eigenvalue weighted by Crippen LogP contribution is 2.29. The van der Waals surface area contributed by atoms with Gasteiger partial charge in [0.05, 0.1) is 10.7 Å². The van der Waals surface area contributed by atoms with Gasteiger partial charge in [-0.2, -0.15) is 4.37 Å². The van der Waals surface area contributed by atoms with Crippen molar-refractivity contribution in [2.75, 3.05) is 36.2 Å². The van der Waals surface area contributed by atoms with E-state index in [0.29, 0.717) is 18.3 Å². The fourth-order valence-corrected chi connectivity index (χ4v) is 4.91. The van der Waals surface area contributed by atoms with Crippen LogP contribution < -0.4 is 20.7 Å². The molecule has 1 fully saturated rings. The maximum Gasteiger partial charge on any atom is 0.266 e. The number of anilines is 2. The molecule has 3 rings (SSSR count). The maximum atomic E-state index is 14.4. The highest BCUT2D eigenvalue weighted by Gasteiger charge is 2.22. The minimum Gasteiger partial charge on any atom is -0.384 e. The van der Waals surface area contributed by atoms with Crippen LogP contribution in [0.15, 0.2) is 23.4 Å². The number of benzene rings is 1. The first-order valence-corrected chi connectivity index (χ1v) is 11.8. The van der Waals surface area contributed by atoms with Crippen molar-refractivity contribution in [3.05, 3.63) is 29.3 Å². The van der Waals surface area contributed by atoms with Gasteiger partial charge in [0.2, 0.25) is 5.13 Å². The first-order chi connectivity index (χ1) is 14.5. The minimum atomic E-state index is -4.14. The SMILES string of the molecule is C=O.O=S(=O)(Nc1ncns1)c1cc(Cl)c(NCCCCN[C@H]2CCNC2)cc1F. The molecule has 1 atom stereocenters. The average Bonchev–Trinajstić information content (AvgIpc) is 3.42. The predicted molar refractivity (Wildman–Crippen MR) is 116 cm³/mol. The number of rotatable bonds is 10. The van der Waals surface area contributed by atoms with Gasteiger partial charge in [-0.25, -0.2) is 17.8 Å². The summed E-state index contributed by atoms with van der Waals surface area (Å²) >= 11 is 7.00. The van der Waals surface area contributed by atoms with Crippen molar-refractivity contribution in [2.24, 2.45) is 0 Å². The molecule has 1 aromatic carbocycles.